The molecule has 0 aliphatic carbocycles. The van der Waals surface area contributed by atoms with Crippen LogP contribution in [0.4, 0.5) is 4.79 Å². The molecule has 15 nitrogen and oxygen atoms in total. The zero-order valence-electron chi connectivity index (χ0n) is 36.8. The van der Waals surface area contributed by atoms with Crippen LogP contribution >= 0.6 is 0 Å². The number of aliphatic hydroxyl groups excluding tert-OH is 1. The largest absolute Gasteiger partial charge is 0.451 e. The standard InChI is InChI=1S/C50H55NO14/c1-32-16-14-23-37(26-32)38(27-41(55)43(64-33(2)53)46(58-3)48(56)51-39(31-63-50(51)57)36-21-12-7-13-22-36)40(54)24-15-25-60-47-45(62-30-35-19-10-6-11-20-35)44(42(28-52)65-49(47)59-4)61-29-34-17-8-5-9-18-34/h5-14,16-23,26-27,39,42-47,49,52H,15,24-25,28-31H2,1-4H3/t39-,42+,43-,44+,45-,46+,47-,49-/m0/s1. The number of Topliss-reactive ketones (excluding diaryl/α,β-unsaturated/α-hetero) is 1. The van der Waals surface area contributed by atoms with Crippen LogP contribution in [-0.4, -0.2) is 116 Å². The molecule has 2 saturated heterocycles. The topological polar surface area (TPSA) is 183 Å². The fourth-order valence-corrected chi connectivity index (χ4v) is 7.79. The lowest BCUT2D eigenvalue weighted by atomic mass is 9.94. The number of carbonyl (C=O) groups excluding carboxylic acids is 5. The molecular formula is C50H55NO14. The second-order valence-electron chi connectivity index (χ2n) is 15.6. The van der Waals surface area contributed by atoms with Crippen molar-refractivity contribution in [3.05, 3.63) is 149 Å². The molecule has 2 heterocycles. The summed E-state index contributed by atoms with van der Waals surface area (Å²) in [5.41, 5.74) is 3.59. The lowest BCUT2D eigenvalue weighted by Gasteiger charge is -2.45. The lowest BCUT2D eigenvalue weighted by Crippen LogP contribution is -2.61. The third-order valence-electron chi connectivity index (χ3n) is 11.0. The van der Waals surface area contributed by atoms with Gasteiger partial charge in [-0.15, -0.1) is 0 Å². The number of ketones is 2. The minimum atomic E-state index is -1.88. The average Bonchev–Trinajstić information content (AvgIpc) is 3.72. The minimum Gasteiger partial charge on any atom is -0.451 e. The third kappa shape index (κ3) is 12.7. The predicted molar refractivity (Wildman–Crippen MR) is 235 cm³/mol. The molecule has 2 amide bonds. The summed E-state index contributed by atoms with van der Waals surface area (Å²) in [6.07, 6.45) is -7.74. The summed E-state index contributed by atoms with van der Waals surface area (Å²) in [6, 6.07) is 33.9. The van der Waals surface area contributed by atoms with Gasteiger partial charge in [0.25, 0.3) is 5.91 Å². The molecule has 0 radical (unpaired) electrons. The number of nitrogens with zero attached hydrogens (tertiary/aromatic N) is 1. The number of rotatable bonds is 22. The van der Waals surface area contributed by atoms with Gasteiger partial charge in [-0.25, -0.2) is 9.69 Å². The van der Waals surface area contributed by atoms with Gasteiger partial charge in [0, 0.05) is 39.7 Å². The molecule has 6 rings (SSSR count). The third-order valence-corrected chi connectivity index (χ3v) is 11.0. The number of ether oxygens (including phenoxy) is 8. The number of allylic oxidation sites excluding steroid dienone is 1. The van der Waals surface area contributed by atoms with E-state index in [2.05, 4.69) is 0 Å². The number of carbonyl (C=O) groups is 5. The van der Waals surface area contributed by atoms with Crippen molar-refractivity contribution in [1.29, 1.82) is 0 Å². The van der Waals surface area contributed by atoms with E-state index in [4.69, 9.17) is 37.9 Å². The van der Waals surface area contributed by atoms with Crippen LogP contribution in [-0.2, 0) is 70.3 Å². The minimum absolute atomic E-state index is 0.0131. The molecule has 65 heavy (non-hydrogen) atoms. The smallest absolute Gasteiger partial charge is 0.417 e. The highest BCUT2D eigenvalue weighted by Gasteiger charge is 2.49. The van der Waals surface area contributed by atoms with Crippen molar-refractivity contribution in [3.63, 3.8) is 0 Å². The Balaban J connectivity index is 1.21. The van der Waals surface area contributed by atoms with Crippen LogP contribution in [0.2, 0.25) is 0 Å². The van der Waals surface area contributed by atoms with Crippen LogP contribution in [0, 0.1) is 6.92 Å². The Morgan fingerprint density at radius 2 is 1.43 bits per heavy atom. The Bertz CT molecular complexity index is 2240. The summed E-state index contributed by atoms with van der Waals surface area (Å²) in [6.45, 7) is 2.79. The van der Waals surface area contributed by atoms with E-state index in [1.807, 2.05) is 73.7 Å². The number of methoxy groups -OCH3 is 2. The molecule has 2 aliphatic heterocycles. The molecule has 4 aromatic carbocycles. The number of benzene rings is 4. The van der Waals surface area contributed by atoms with Gasteiger partial charge in [0.2, 0.25) is 0 Å². The van der Waals surface area contributed by atoms with E-state index >= 15 is 0 Å². The number of hydrogen-bond donors (Lipinski definition) is 1. The Kier molecular flexibility index (Phi) is 17.8. The first-order valence-corrected chi connectivity index (χ1v) is 21.3. The highest BCUT2D eigenvalue weighted by Crippen LogP contribution is 2.32. The molecule has 1 N–H and O–H groups in total. The Hall–Kier alpha value is -5.91. The summed E-state index contributed by atoms with van der Waals surface area (Å²) in [4.78, 5) is 68.8. The Morgan fingerprint density at radius 3 is 2.02 bits per heavy atom. The van der Waals surface area contributed by atoms with Crippen molar-refractivity contribution in [3.8, 4) is 0 Å². The van der Waals surface area contributed by atoms with E-state index in [9.17, 15) is 29.1 Å². The van der Waals surface area contributed by atoms with Gasteiger partial charge < -0.3 is 43.0 Å². The van der Waals surface area contributed by atoms with E-state index in [1.165, 1.54) is 7.11 Å². The Labute approximate surface area is 378 Å². The van der Waals surface area contributed by atoms with Crippen molar-refractivity contribution < 1.29 is 67.0 Å². The number of aliphatic hydroxyl groups is 1. The zero-order valence-corrected chi connectivity index (χ0v) is 36.8. The van der Waals surface area contributed by atoms with Crippen molar-refractivity contribution in [2.75, 3.05) is 34.0 Å². The number of amides is 2. The summed E-state index contributed by atoms with van der Waals surface area (Å²) in [5.74, 6) is -3.25. The number of esters is 1. The van der Waals surface area contributed by atoms with Gasteiger partial charge in [-0.05, 0) is 41.7 Å². The number of aryl methyl sites for hydroxylation is 1. The van der Waals surface area contributed by atoms with E-state index in [1.54, 1.807) is 48.5 Å². The van der Waals surface area contributed by atoms with Crippen LogP contribution < -0.4 is 0 Å². The molecule has 0 bridgehead atoms. The van der Waals surface area contributed by atoms with Crippen LogP contribution in [0.5, 0.6) is 0 Å². The molecule has 2 fully saturated rings. The molecule has 0 unspecified atom stereocenters. The van der Waals surface area contributed by atoms with E-state index in [0.717, 1.165) is 41.7 Å². The molecule has 0 saturated carbocycles. The van der Waals surface area contributed by atoms with E-state index in [-0.39, 0.29) is 51.4 Å². The first-order valence-electron chi connectivity index (χ1n) is 21.3. The quantitative estimate of drug-likeness (QED) is 0.0561. The fraction of sp³-hybridized carbons (Fsp3) is 0.380. The summed E-state index contributed by atoms with van der Waals surface area (Å²) in [7, 11) is 2.60. The van der Waals surface area contributed by atoms with Crippen LogP contribution in [0.15, 0.2) is 121 Å². The zero-order chi connectivity index (χ0) is 46.3. The van der Waals surface area contributed by atoms with Gasteiger partial charge in [0.1, 0.15) is 37.1 Å². The van der Waals surface area contributed by atoms with Crippen LogP contribution in [0.3, 0.4) is 0 Å². The van der Waals surface area contributed by atoms with Gasteiger partial charge in [0.15, 0.2) is 30.1 Å². The number of imide groups is 1. The summed E-state index contributed by atoms with van der Waals surface area (Å²) < 4.78 is 47.3. The average molecular weight is 894 g/mol. The second-order valence-corrected chi connectivity index (χ2v) is 15.6. The van der Waals surface area contributed by atoms with Crippen molar-refractivity contribution in [1.82, 2.24) is 4.90 Å². The van der Waals surface area contributed by atoms with E-state index in [0.29, 0.717) is 11.1 Å². The normalized spacial score (nSPS) is 21.9. The van der Waals surface area contributed by atoms with Crippen LogP contribution in [0.1, 0.15) is 53.6 Å². The molecule has 8 atom stereocenters. The van der Waals surface area contributed by atoms with Crippen molar-refractivity contribution in [2.45, 2.75) is 88.9 Å². The van der Waals surface area contributed by atoms with Gasteiger partial charge >= 0.3 is 12.1 Å². The monoisotopic (exact) mass is 893 g/mol. The molecule has 2 aliphatic rings. The maximum atomic E-state index is 14.3. The van der Waals surface area contributed by atoms with Crippen molar-refractivity contribution >= 4 is 35.1 Å². The summed E-state index contributed by atoms with van der Waals surface area (Å²) >= 11 is 0. The van der Waals surface area contributed by atoms with Gasteiger partial charge in [-0.2, -0.15) is 0 Å². The second kappa shape index (κ2) is 23.9. The predicted octanol–water partition coefficient (Wildman–Crippen LogP) is 5.88. The van der Waals surface area contributed by atoms with Crippen molar-refractivity contribution in [2.24, 2.45) is 0 Å². The maximum Gasteiger partial charge on any atom is 0.417 e. The van der Waals surface area contributed by atoms with Gasteiger partial charge in [-0.3, -0.25) is 19.2 Å². The molecule has 0 spiro atoms. The molecule has 4 aromatic rings. The molecule has 0 aromatic heterocycles. The first kappa shape index (κ1) is 48.5. The lowest BCUT2D eigenvalue weighted by molar-refractivity contribution is -0.319. The Morgan fingerprint density at radius 1 is 0.800 bits per heavy atom. The van der Waals surface area contributed by atoms with E-state index < -0.39 is 78.5 Å². The fourth-order valence-electron chi connectivity index (χ4n) is 7.79. The number of hydrogen-bond acceptors (Lipinski definition) is 14. The van der Waals surface area contributed by atoms with Gasteiger partial charge in [0.05, 0.1) is 19.8 Å². The maximum absolute atomic E-state index is 14.3. The summed E-state index contributed by atoms with van der Waals surface area (Å²) in [5, 5.41) is 10.4. The SMILES string of the molecule is CO[C@H]1O[C@H](CO)[C@@H](OCc2ccccc2)[C@H](OCc2ccccc2)[C@@H]1OCCCC(=O)C(=CC(=O)[C@H](OC(C)=O)[C@@H](OC)C(=O)N1C(=O)OC[C@H]1c1ccccc1)c1cccc(C)c1. The molecule has 344 valence electrons. The van der Waals surface area contributed by atoms with Gasteiger partial charge in [-0.1, -0.05) is 121 Å². The number of cyclic esters (lactones) is 1. The highest BCUT2D eigenvalue weighted by molar-refractivity contribution is 6.25. The van der Waals surface area contributed by atoms with Crippen LogP contribution in [0.25, 0.3) is 5.57 Å². The molecular weight excluding hydrogens is 839 g/mol. The molecule has 15 heteroatoms. The highest BCUT2D eigenvalue weighted by atomic mass is 16.7. The first-order chi connectivity index (χ1) is 31.5.